The van der Waals surface area contributed by atoms with Crippen LogP contribution in [0.15, 0.2) is 105 Å². The van der Waals surface area contributed by atoms with Gasteiger partial charge >= 0.3 is 0 Å². The van der Waals surface area contributed by atoms with Crippen LogP contribution < -0.4 is 10.4 Å². The fourth-order valence-corrected chi connectivity index (χ4v) is 4.87. The molecule has 0 unspecified atom stereocenters. The minimum Gasteiger partial charge on any atom is -0.315 e. The molecule has 2 aromatic heterocycles. The third-order valence-corrected chi connectivity index (χ3v) is 6.59. The molecule has 0 amide bonds. The molecule has 0 aliphatic rings. The van der Waals surface area contributed by atoms with Gasteiger partial charge in [0.05, 0.1) is 28.5 Å². The number of unbranched alkanes of at least 4 members (excludes halogenated alkanes) is 1. The Morgan fingerprint density at radius 3 is 2.43 bits per heavy atom. The number of rotatable bonds is 7. The molecule has 0 radical (unpaired) electrons. The lowest BCUT2D eigenvalue weighted by Crippen LogP contribution is -2.23. The number of thiazole rings is 1. The molecule has 6 nitrogen and oxygen atoms in total. The van der Waals surface area contributed by atoms with E-state index in [0.717, 1.165) is 41.1 Å². The molecule has 0 saturated carbocycles. The lowest BCUT2D eigenvalue weighted by molar-refractivity contribution is 0.620. The first-order chi connectivity index (χ1) is 17.3. The van der Waals surface area contributed by atoms with Crippen LogP contribution in [0.3, 0.4) is 0 Å². The minimum atomic E-state index is -0.135. The topological polar surface area (TPSA) is 64.5 Å². The zero-order valence-electron chi connectivity index (χ0n) is 19.4. The molecule has 0 N–H and O–H groups in total. The van der Waals surface area contributed by atoms with Crippen molar-refractivity contribution in [1.29, 1.82) is 0 Å². The van der Waals surface area contributed by atoms with Crippen LogP contribution in [-0.2, 0) is 6.54 Å². The second kappa shape index (κ2) is 10.4. The maximum absolute atomic E-state index is 13.3. The Morgan fingerprint density at radius 2 is 1.66 bits per heavy atom. The Balaban J connectivity index is 1.61. The molecule has 5 rings (SSSR count). The average Bonchev–Trinajstić information content (AvgIpc) is 3.31. The number of benzene rings is 3. The van der Waals surface area contributed by atoms with E-state index in [4.69, 9.17) is 4.98 Å². The van der Waals surface area contributed by atoms with Gasteiger partial charge in [0.2, 0.25) is 4.80 Å². The molecule has 0 aliphatic heterocycles. The molecular weight excluding hydrogens is 454 g/mol. The highest BCUT2D eigenvalue weighted by atomic mass is 32.1. The molecule has 5 aromatic rings. The Kier molecular flexibility index (Phi) is 6.77. The van der Waals surface area contributed by atoms with Gasteiger partial charge in [-0.25, -0.2) is 4.98 Å². The number of nitrogens with zero attached hydrogens (tertiary/aromatic N) is 5. The summed E-state index contributed by atoms with van der Waals surface area (Å²) in [7, 11) is 0. The summed E-state index contributed by atoms with van der Waals surface area (Å²) in [6.07, 6.45) is 3.70. The lowest BCUT2D eigenvalue weighted by Gasteiger charge is -2.10. The molecule has 7 heteroatoms. The molecule has 0 atom stereocenters. The molecule has 0 aliphatic carbocycles. The summed E-state index contributed by atoms with van der Waals surface area (Å²) in [6, 6.07) is 27.2. The maximum Gasteiger partial charge on any atom is 0.266 e. The van der Waals surface area contributed by atoms with Crippen molar-refractivity contribution >= 4 is 28.5 Å². The molecule has 2 heterocycles. The second-order valence-corrected chi connectivity index (χ2v) is 8.92. The van der Waals surface area contributed by atoms with Crippen LogP contribution >= 0.6 is 11.3 Å². The largest absolute Gasteiger partial charge is 0.315 e. The smallest absolute Gasteiger partial charge is 0.266 e. The van der Waals surface area contributed by atoms with Crippen molar-refractivity contribution in [2.75, 3.05) is 0 Å². The predicted octanol–water partition coefficient (Wildman–Crippen LogP) is 5.65. The van der Waals surface area contributed by atoms with Gasteiger partial charge < -0.3 is 4.57 Å². The van der Waals surface area contributed by atoms with Crippen LogP contribution in [0.25, 0.3) is 27.8 Å². The van der Waals surface area contributed by atoms with Crippen LogP contribution in [0.4, 0.5) is 0 Å². The first kappa shape index (κ1) is 22.7. The van der Waals surface area contributed by atoms with Crippen molar-refractivity contribution in [1.82, 2.24) is 14.1 Å². The summed E-state index contributed by atoms with van der Waals surface area (Å²) < 4.78 is 3.79. The van der Waals surface area contributed by atoms with E-state index in [-0.39, 0.29) is 5.56 Å². The predicted molar refractivity (Wildman–Crippen MR) is 143 cm³/mol. The van der Waals surface area contributed by atoms with E-state index >= 15 is 0 Å². The van der Waals surface area contributed by atoms with E-state index in [2.05, 4.69) is 39.2 Å². The van der Waals surface area contributed by atoms with E-state index in [9.17, 15) is 4.79 Å². The highest BCUT2D eigenvalue weighted by molar-refractivity contribution is 7.07. The van der Waals surface area contributed by atoms with Crippen LogP contribution in [0.5, 0.6) is 0 Å². The number of hydrogen-bond acceptors (Lipinski definition) is 5. The van der Waals surface area contributed by atoms with Gasteiger partial charge in [0.1, 0.15) is 0 Å². The normalized spacial score (nSPS) is 12.1. The molecule has 174 valence electrons. The SMILES string of the molecule is CCCCn1c(-c2ccccc2)cs/c1=N\N=C\c1nc2ccccc2c(=O)n1-c1ccccc1. The van der Waals surface area contributed by atoms with Gasteiger partial charge in [-0.2, -0.15) is 5.10 Å². The van der Waals surface area contributed by atoms with E-state index < -0.39 is 0 Å². The summed E-state index contributed by atoms with van der Waals surface area (Å²) in [5.74, 6) is 0.434. The van der Waals surface area contributed by atoms with Crippen molar-refractivity contribution in [3.63, 3.8) is 0 Å². The van der Waals surface area contributed by atoms with Gasteiger partial charge in [0.25, 0.3) is 5.56 Å². The van der Waals surface area contributed by atoms with Crippen molar-refractivity contribution in [3.8, 4) is 16.9 Å². The van der Waals surface area contributed by atoms with E-state index in [1.165, 1.54) is 0 Å². The number of para-hydroxylation sites is 2. The fourth-order valence-electron chi connectivity index (χ4n) is 3.97. The summed E-state index contributed by atoms with van der Waals surface area (Å²) in [6.45, 7) is 3.04. The lowest BCUT2D eigenvalue weighted by atomic mass is 10.2. The van der Waals surface area contributed by atoms with Crippen molar-refractivity contribution in [2.45, 2.75) is 26.3 Å². The first-order valence-electron chi connectivity index (χ1n) is 11.6. The summed E-state index contributed by atoms with van der Waals surface area (Å²) in [4.78, 5) is 18.9. The summed E-state index contributed by atoms with van der Waals surface area (Å²) in [5.41, 5.74) is 3.51. The van der Waals surface area contributed by atoms with E-state index in [0.29, 0.717) is 16.7 Å². The summed E-state index contributed by atoms with van der Waals surface area (Å²) in [5, 5.41) is 11.6. The quantitative estimate of drug-likeness (QED) is 0.224. The monoisotopic (exact) mass is 479 g/mol. The van der Waals surface area contributed by atoms with Crippen LogP contribution in [0, 0.1) is 0 Å². The van der Waals surface area contributed by atoms with E-state index in [1.807, 2.05) is 66.7 Å². The highest BCUT2D eigenvalue weighted by Crippen LogP contribution is 2.20. The van der Waals surface area contributed by atoms with Gasteiger partial charge in [-0.15, -0.1) is 16.4 Å². The first-order valence-corrected chi connectivity index (χ1v) is 12.5. The van der Waals surface area contributed by atoms with Gasteiger partial charge in [-0.05, 0) is 36.2 Å². The zero-order valence-corrected chi connectivity index (χ0v) is 20.2. The standard InChI is InChI=1S/C28H25N5OS/c1-2-3-18-32-25(21-12-6-4-7-13-21)20-35-28(32)31-29-19-26-30-24-17-11-10-16-23(24)27(34)33(26)22-14-8-5-9-15-22/h4-17,19-20H,2-3,18H2,1H3/b29-19+,31-28-. The Labute approximate surface area is 207 Å². The van der Waals surface area contributed by atoms with Crippen molar-refractivity contribution in [3.05, 3.63) is 111 Å². The third kappa shape index (κ3) is 4.76. The van der Waals surface area contributed by atoms with Crippen LogP contribution in [0.1, 0.15) is 25.6 Å². The van der Waals surface area contributed by atoms with E-state index in [1.54, 1.807) is 28.2 Å². The third-order valence-electron chi connectivity index (χ3n) is 5.74. The maximum atomic E-state index is 13.3. The Morgan fingerprint density at radius 1 is 0.943 bits per heavy atom. The molecule has 0 spiro atoms. The molecule has 0 fully saturated rings. The second-order valence-electron chi connectivity index (χ2n) is 8.08. The Bertz CT molecular complexity index is 1600. The summed E-state index contributed by atoms with van der Waals surface area (Å²) >= 11 is 1.56. The molecule has 0 bridgehead atoms. The zero-order chi connectivity index (χ0) is 24.0. The molecule has 3 aromatic carbocycles. The average molecular weight is 480 g/mol. The molecule has 35 heavy (non-hydrogen) atoms. The van der Waals surface area contributed by atoms with Crippen molar-refractivity contribution < 1.29 is 0 Å². The van der Waals surface area contributed by atoms with Crippen LogP contribution in [0.2, 0.25) is 0 Å². The molecular formula is C28H25N5OS. The Hall–Kier alpha value is -4.10. The fraction of sp³-hybridized carbons (Fsp3) is 0.143. The van der Waals surface area contributed by atoms with Gasteiger partial charge in [-0.3, -0.25) is 9.36 Å². The minimum absolute atomic E-state index is 0.135. The van der Waals surface area contributed by atoms with Gasteiger partial charge in [0, 0.05) is 11.9 Å². The van der Waals surface area contributed by atoms with Gasteiger partial charge in [-0.1, -0.05) is 74.0 Å². The number of aromatic nitrogens is 3. The number of hydrogen-bond donors (Lipinski definition) is 0. The number of fused-ring (bicyclic) bond motifs is 1. The highest BCUT2D eigenvalue weighted by Gasteiger charge is 2.11. The van der Waals surface area contributed by atoms with Crippen molar-refractivity contribution in [2.24, 2.45) is 10.2 Å². The van der Waals surface area contributed by atoms with Crippen LogP contribution in [-0.4, -0.2) is 20.3 Å². The molecule has 0 saturated heterocycles. The van der Waals surface area contributed by atoms with Gasteiger partial charge in [0.15, 0.2) is 5.82 Å².